The zero-order valence-electron chi connectivity index (χ0n) is 9.23. The van der Waals surface area contributed by atoms with Crippen molar-refractivity contribution in [2.24, 2.45) is 16.7 Å². The van der Waals surface area contributed by atoms with Gasteiger partial charge in [0.2, 0.25) is 0 Å². The molecule has 1 unspecified atom stereocenters. The van der Waals surface area contributed by atoms with Gasteiger partial charge in [-0.15, -0.1) is 0 Å². The smallest absolute Gasteiger partial charge is 0.265 e. The highest BCUT2D eigenvalue weighted by Crippen LogP contribution is 2.65. The van der Waals surface area contributed by atoms with Crippen LogP contribution in [0.25, 0.3) is 0 Å². The van der Waals surface area contributed by atoms with Crippen LogP contribution in [-0.4, -0.2) is 29.3 Å². The van der Waals surface area contributed by atoms with E-state index in [-0.39, 0.29) is 22.3 Å². The van der Waals surface area contributed by atoms with Crippen molar-refractivity contribution in [1.82, 2.24) is 0 Å². The maximum atomic E-state index is 12.1. The first-order valence-corrected chi connectivity index (χ1v) is 7.78. The van der Waals surface area contributed by atoms with Gasteiger partial charge in [-0.25, -0.2) is 0 Å². The molecule has 2 rings (SSSR count). The third kappa shape index (κ3) is 1.42. The lowest BCUT2D eigenvalue weighted by atomic mass is 9.70. The number of carbonyl (C=O) groups is 1. The van der Waals surface area contributed by atoms with E-state index in [0.717, 1.165) is 6.42 Å². The van der Waals surface area contributed by atoms with Crippen LogP contribution in [0, 0.1) is 16.7 Å². The fraction of sp³-hybridized carbons (Fsp3) is 0.900. The molecule has 92 valence electrons. The standard InChI is InChI=1S/C10H15BrO4S/c1-9-4-3-6(7(11)8(9)12)10(9,2)5-16(13,14)15/h6-7H,3-5H2,1-2H3,(H,13,14,15)/t6-,7?,9-,10+/m0/s1. The van der Waals surface area contributed by atoms with Crippen molar-refractivity contribution in [3.05, 3.63) is 0 Å². The fourth-order valence-corrected chi connectivity index (χ4v) is 6.11. The first kappa shape index (κ1) is 12.5. The molecular formula is C10H15BrO4S. The zero-order valence-corrected chi connectivity index (χ0v) is 11.6. The summed E-state index contributed by atoms with van der Waals surface area (Å²) in [7, 11) is -4.05. The molecule has 2 aliphatic carbocycles. The van der Waals surface area contributed by atoms with Gasteiger partial charge in [0.1, 0.15) is 0 Å². The van der Waals surface area contributed by atoms with Crippen molar-refractivity contribution in [2.75, 3.05) is 5.75 Å². The molecule has 0 aliphatic heterocycles. The molecule has 4 atom stereocenters. The number of alkyl halides is 1. The molecular weight excluding hydrogens is 296 g/mol. The van der Waals surface area contributed by atoms with Crippen molar-refractivity contribution in [1.29, 1.82) is 0 Å². The Balaban J connectivity index is 2.47. The quantitative estimate of drug-likeness (QED) is 0.622. The minimum Gasteiger partial charge on any atom is -0.298 e. The first-order chi connectivity index (χ1) is 7.12. The highest BCUT2D eigenvalue weighted by molar-refractivity contribution is 9.10. The van der Waals surface area contributed by atoms with E-state index in [0.29, 0.717) is 6.42 Å². The molecule has 0 saturated heterocycles. The van der Waals surface area contributed by atoms with Crippen LogP contribution in [0.3, 0.4) is 0 Å². The summed E-state index contributed by atoms with van der Waals surface area (Å²) in [5.74, 6) is -0.239. The number of fused-ring (bicyclic) bond motifs is 2. The van der Waals surface area contributed by atoms with Gasteiger partial charge in [0, 0.05) is 10.8 Å². The summed E-state index contributed by atoms with van der Waals surface area (Å²) < 4.78 is 31.2. The van der Waals surface area contributed by atoms with Gasteiger partial charge in [0.25, 0.3) is 10.1 Å². The Morgan fingerprint density at radius 2 is 2.06 bits per heavy atom. The fourth-order valence-electron chi connectivity index (χ4n) is 3.46. The number of hydrogen-bond acceptors (Lipinski definition) is 3. The van der Waals surface area contributed by atoms with E-state index < -0.39 is 20.9 Å². The van der Waals surface area contributed by atoms with Crippen LogP contribution < -0.4 is 0 Å². The van der Waals surface area contributed by atoms with E-state index in [1.54, 1.807) is 6.92 Å². The molecule has 2 aliphatic rings. The predicted molar refractivity (Wildman–Crippen MR) is 63.1 cm³/mol. The molecule has 0 aromatic rings. The minimum absolute atomic E-state index is 0.00641. The van der Waals surface area contributed by atoms with Crippen LogP contribution in [-0.2, 0) is 14.9 Å². The maximum absolute atomic E-state index is 12.1. The SMILES string of the molecule is C[C@]12CC[C@@H](C(Br)C1=O)[C@@]2(C)CS(=O)(=O)O. The van der Waals surface area contributed by atoms with Gasteiger partial charge >= 0.3 is 0 Å². The lowest BCUT2D eigenvalue weighted by molar-refractivity contribution is -0.127. The van der Waals surface area contributed by atoms with E-state index in [1.165, 1.54) is 0 Å². The zero-order chi connectivity index (χ0) is 12.4. The number of carbonyl (C=O) groups excluding carboxylic acids is 1. The molecule has 0 amide bonds. The van der Waals surface area contributed by atoms with Crippen LogP contribution in [0.4, 0.5) is 0 Å². The van der Waals surface area contributed by atoms with Crippen LogP contribution in [0.1, 0.15) is 26.7 Å². The average molecular weight is 311 g/mol. The number of hydrogen-bond donors (Lipinski definition) is 1. The average Bonchev–Trinajstić information content (AvgIpc) is 2.40. The van der Waals surface area contributed by atoms with Crippen LogP contribution in [0.2, 0.25) is 0 Å². The summed E-state index contributed by atoms with van der Waals surface area (Å²) in [6.45, 7) is 3.62. The second kappa shape index (κ2) is 3.29. The highest BCUT2D eigenvalue weighted by Gasteiger charge is 2.68. The number of halogens is 1. The lowest BCUT2D eigenvalue weighted by Gasteiger charge is -2.35. The Kier molecular flexibility index (Phi) is 2.58. The van der Waals surface area contributed by atoms with Gasteiger partial charge in [0.05, 0.1) is 10.6 Å². The van der Waals surface area contributed by atoms with Gasteiger partial charge in [-0.2, -0.15) is 8.42 Å². The molecule has 0 aromatic heterocycles. The van der Waals surface area contributed by atoms with Gasteiger partial charge in [-0.3, -0.25) is 9.35 Å². The van der Waals surface area contributed by atoms with Crippen molar-refractivity contribution in [3.63, 3.8) is 0 Å². The molecule has 6 heteroatoms. The van der Waals surface area contributed by atoms with E-state index in [1.807, 2.05) is 6.92 Å². The summed E-state index contributed by atoms with van der Waals surface area (Å²) >= 11 is 3.35. The molecule has 0 heterocycles. The molecule has 0 radical (unpaired) electrons. The largest absolute Gasteiger partial charge is 0.298 e. The first-order valence-electron chi connectivity index (χ1n) is 5.25. The van der Waals surface area contributed by atoms with Gasteiger partial charge < -0.3 is 0 Å². The molecule has 2 bridgehead atoms. The van der Waals surface area contributed by atoms with Crippen molar-refractivity contribution in [2.45, 2.75) is 31.5 Å². The summed E-state index contributed by atoms with van der Waals surface area (Å²) in [6.07, 6.45) is 1.55. The third-order valence-electron chi connectivity index (χ3n) is 4.66. The Labute approximate surface area is 104 Å². The molecule has 2 fully saturated rings. The monoisotopic (exact) mass is 310 g/mol. The highest BCUT2D eigenvalue weighted by atomic mass is 79.9. The molecule has 16 heavy (non-hydrogen) atoms. The normalized spacial score (nSPS) is 47.6. The van der Waals surface area contributed by atoms with E-state index in [4.69, 9.17) is 4.55 Å². The number of Topliss-reactive ketones (excluding diaryl/α,β-unsaturated/α-hetero) is 1. The van der Waals surface area contributed by atoms with Gasteiger partial charge in [-0.05, 0) is 18.8 Å². The summed E-state index contributed by atoms with van der Waals surface area (Å²) in [5, 5.41) is 0. The Morgan fingerprint density at radius 3 is 2.44 bits per heavy atom. The van der Waals surface area contributed by atoms with Crippen LogP contribution in [0.5, 0.6) is 0 Å². The minimum atomic E-state index is -4.05. The number of rotatable bonds is 2. The Bertz CT molecular complexity index is 446. The van der Waals surface area contributed by atoms with Gasteiger partial charge in [-0.1, -0.05) is 29.8 Å². The third-order valence-corrected chi connectivity index (χ3v) is 6.68. The topological polar surface area (TPSA) is 71.4 Å². The van der Waals surface area contributed by atoms with Crippen molar-refractivity contribution in [3.8, 4) is 0 Å². The Morgan fingerprint density at radius 1 is 1.50 bits per heavy atom. The lowest BCUT2D eigenvalue weighted by Crippen LogP contribution is -2.40. The number of ketones is 1. The summed E-state index contributed by atoms with van der Waals surface area (Å²) in [5.41, 5.74) is -1.27. The van der Waals surface area contributed by atoms with E-state index >= 15 is 0 Å². The van der Waals surface area contributed by atoms with E-state index in [2.05, 4.69) is 15.9 Å². The molecule has 2 saturated carbocycles. The molecule has 1 N–H and O–H groups in total. The van der Waals surface area contributed by atoms with Crippen molar-refractivity contribution >= 4 is 31.8 Å². The van der Waals surface area contributed by atoms with Gasteiger partial charge in [0.15, 0.2) is 5.78 Å². The summed E-state index contributed by atoms with van der Waals surface area (Å²) in [6, 6.07) is 0. The van der Waals surface area contributed by atoms with Crippen LogP contribution >= 0.6 is 15.9 Å². The molecule has 0 aromatic carbocycles. The Hall–Kier alpha value is 0.0600. The second-order valence-electron chi connectivity index (χ2n) is 5.39. The van der Waals surface area contributed by atoms with E-state index in [9.17, 15) is 13.2 Å². The van der Waals surface area contributed by atoms with Crippen LogP contribution in [0.15, 0.2) is 0 Å². The summed E-state index contributed by atoms with van der Waals surface area (Å²) in [4.78, 5) is 11.8. The predicted octanol–water partition coefficient (Wildman–Crippen LogP) is 1.64. The maximum Gasteiger partial charge on any atom is 0.265 e. The van der Waals surface area contributed by atoms with Crippen molar-refractivity contribution < 1.29 is 17.8 Å². The second-order valence-corrected chi connectivity index (χ2v) is 7.83. The molecule has 0 spiro atoms. The molecule has 4 nitrogen and oxygen atoms in total.